The van der Waals surface area contributed by atoms with Crippen molar-refractivity contribution >= 4 is 20.2 Å². The molecule has 1 unspecified atom stereocenters. The summed E-state index contributed by atoms with van der Waals surface area (Å²) in [5.74, 6) is -0.923. The van der Waals surface area contributed by atoms with Crippen LogP contribution in [0.5, 0.6) is 0 Å². The molecular formula is C6H16N2O5S2. The van der Waals surface area contributed by atoms with E-state index in [1.54, 1.807) is 14.0 Å². The molecule has 0 saturated heterocycles. The molecule has 15 heavy (non-hydrogen) atoms. The molecule has 0 radical (unpaired) electrons. The predicted octanol–water partition coefficient (Wildman–Crippen LogP) is -1.77. The van der Waals surface area contributed by atoms with Crippen molar-refractivity contribution in [2.45, 2.75) is 13.0 Å². The fourth-order valence-electron chi connectivity index (χ4n) is 0.754. The lowest BCUT2D eigenvalue weighted by Gasteiger charge is -2.10. The Kier molecular flexibility index (Phi) is 5.67. The number of nitrogens with two attached hydrogens (primary N) is 1. The molecule has 0 aliphatic heterocycles. The third kappa shape index (κ3) is 6.79. The zero-order valence-corrected chi connectivity index (χ0v) is 10.3. The second-order valence-electron chi connectivity index (χ2n) is 3.03. The van der Waals surface area contributed by atoms with E-state index in [1.165, 1.54) is 0 Å². The summed E-state index contributed by atoms with van der Waals surface area (Å²) >= 11 is 0. The summed E-state index contributed by atoms with van der Waals surface area (Å²) in [5, 5.41) is 2.66. The molecule has 0 aromatic carbocycles. The number of nitrogens with one attached hydrogen (secondary N) is 1. The van der Waals surface area contributed by atoms with Crippen molar-refractivity contribution in [3.63, 3.8) is 0 Å². The zero-order valence-electron chi connectivity index (χ0n) is 8.63. The highest BCUT2D eigenvalue weighted by Gasteiger charge is 2.23. The SMILES string of the molecule is CNC(C)CS(=O)(=O)OS(=O)(=O)CCN. The summed E-state index contributed by atoms with van der Waals surface area (Å²) in [6, 6.07) is -0.386. The first-order valence-corrected chi connectivity index (χ1v) is 7.41. The monoisotopic (exact) mass is 260 g/mol. The van der Waals surface area contributed by atoms with Gasteiger partial charge in [0.25, 0.3) is 20.2 Å². The van der Waals surface area contributed by atoms with Crippen molar-refractivity contribution in [1.29, 1.82) is 0 Å². The van der Waals surface area contributed by atoms with E-state index in [9.17, 15) is 16.8 Å². The minimum absolute atomic E-state index is 0.181. The van der Waals surface area contributed by atoms with Crippen molar-refractivity contribution < 1.29 is 20.5 Å². The molecule has 0 aromatic heterocycles. The van der Waals surface area contributed by atoms with Gasteiger partial charge in [-0.15, -0.1) is 3.63 Å². The van der Waals surface area contributed by atoms with Crippen LogP contribution in [0.3, 0.4) is 0 Å². The lowest BCUT2D eigenvalue weighted by molar-refractivity contribution is 0.456. The highest BCUT2D eigenvalue weighted by Crippen LogP contribution is 2.03. The largest absolute Gasteiger partial charge is 0.329 e. The molecule has 0 fully saturated rings. The van der Waals surface area contributed by atoms with Crippen LogP contribution < -0.4 is 11.1 Å². The van der Waals surface area contributed by atoms with Crippen LogP contribution in [0.15, 0.2) is 0 Å². The Morgan fingerprint density at radius 1 is 1.27 bits per heavy atom. The number of hydrogen-bond donors (Lipinski definition) is 2. The molecule has 0 aliphatic carbocycles. The van der Waals surface area contributed by atoms with Crippen LogP contribution in [0.2, 0.25) is 0 Å². The first kappa shape index (κ1) is 14.8. The lowest BCUT2D eigenvalue weighted by atomic mass is 10.4. The Hall–Kier alpha value is -0.220. The molecule has 0 bridgehead atoms. The molecular weight excluding hydrogens is 244 g/mol. The van der Waals surface area contributed by atoms with E-state index in [4.69, 9.17) is 5.73 Å². The molecule has 3 N–H and O–H groups in total. The van der Waals surface area contributed by atoms with E-state index in [1.807, 2.05) is 0 Å². The van der Waals surface area contributed by atoms with Gasteiger partial charge in [-0.3, -0.25) is 0 Å². The fourth-order valence-corrected chi connectivity index (χ4v) is 3.58. The third-order valence-corrected chi connectivity index (χ3v) is 4.82. The van der Waals surface area contributed by atoms with Crippen LogP contribution in [0.25, 0.3) is 0 Å². The lowest BCUT2D eigenvalue weighted by Crippen LogP contribution is -2.32. The van der Waals surface area contributed by atoms with E-state index in [0.29, 0.717) is 0 Å². The van der Waals surface area contributed by atoms with Crippen LogP contribution in [0.4, 0.5) is 0 Å². The standard InChI is InChI=1S/C6H16N2O5S2/c1-6(8-2)5-15(11,12)13-14(9,10)4-3-7/h6,8H,3-5,7H2,1-2H3. The topological polar surface area (TPSA) is 116 Å². The maximum absolute atomic E-state index is 11.2. The molecule has 0 rings (SSSR count). The fraction of sp³-hybridized carbons (Fsp3) is 1.00. The quantitative estimate of drug-likeness (QED) is 0.556. The first-order chi connectivity index (χ1) is 6.72. The molecule has 0 aliphatic rings. The maximum Gasteiger partial charge on any atom is 0.283 e. The molecule has 92 valence electrons. The predicted molar refractivity (Wildman–Crippen MR) is 56.2 cm³/mol. The van der Waals surface area contributed by atoms with Gasteiger partial charge in [0.1, 0.15) is 0 Å². The Morgan fingerprint density at radius 3 is 2.20 bits per heavy atom. The summed E-state index contributed by atoms with van der Waals surface area (Å²) in [4.78, 5) is 0. The summed E-state index contributed by atoms with van der Waals surface area (Å²) in [5.41, 5.74) is 4.99. The smallest absolute Gasteiger partial charge is 0.283 e. The van der Waals surface area contributed by atoms with Gasteiger partial charge in [-0.1, -0.05) is 0 Å². The Labute approximate surface area is 90.2 Å². The van der Waals surface area contributed by atoms with Gasteiger partial charge in [-0.2, -0.15) is 16.8 Å². The molecule has 7 nitrogen and oxygen atoms in total. The number of hydrogen-bond acceptors (Lipinski definition) is 7. The molecule has 1 atom stereocenters. The molecule has 0 spiro atoms. The van der Waals surface area contributed by atoms with Gasteiger partial charge >= 0.3 is 0 Å². The maximum atomic E-state index is 11.2. The summed E-state index contributed by atoms with van der Waals surface area (Å²) in [6.45, 7) is 1.41. The van der Waals surface area contributed by atoms with Crippen molar-refractivity contribution in [2.24, 2.45) is 5.73 Å². The molecule has 0 heterocycles. The van der Waals surface area contributed by atoms with E-state index in [0.717, 1.165) is 0 Å². The van der Waals surface area contributed by atoms with Crippen LogP contribution >= 0.6 is 0 Å². The zero-order chi connectivity index (χ0) is 12.1. The summed E-state index contributed by atoms with van der Waals surface area (Å²) in [7, 11) is -6.60. The highest BCUT2D eigenvalue weighted by atomic mass is 32.3. The van der Waals surface area contributed by atoms with Gasteiger partial charge in [-0.25, -0.2) is 0 Å². The summed E-state index contributed by atoms with van der Waals surface area (Å²) in [6.07, 6.45) is 0. The van der Waals surface area contributed by atoms with Gasteiger partial charge in [0, 0.05) is 12.6 Å². The minimum Gasteiger partial charge on any atom is -0.329 e. The van der Waals surface area contributed by atoms with Crippen molar-refractivity contribution in [3.8, 4) is 0 Å². The van der Waals surface area contributed by atoms with Crippen LogP contribution in [-0.2, 0) is 23.9 Å². The van der Waals surface area contributed by atoms with Crippen LogP contribution in [-0.4, -0.2) is 48.0 Å². The third-order valence-electron chi connectivity index (χ3n) is 1.52. The highest BCUT2D eigenvalue weighted by molar-refractivity contribution is 7.99. The van der Waals surface area contributed by atoms with Gasteiger partial charge in [-0.05, 0) is 14.0 Å². The average molecular weight is 260 g/mol. The Balaban J connectivity index is 4.52. The number of rotatable bonds is 7. The Morgan fingerprint density at radius 2 is 1.80 bits per heavy atom. The van der Waals surface area contributed by atoms with E-state index in [-0.39, 0.29) is 12.6 Å². The molecule has 0 aromatic rings. The Bertz CT molecular complexity index is 374. The molecule has 0 saturated carbocycles. The molecule has 9 heteroatoms. The minimum atomic E-state index is -4.08. The second kappa shape index (κ2) is 5.75. The normalized spacial score (nSPS) is 15.1. The van der Waals surface area contributed by atoms with Gasteiger partial charge in [0.05, 0.1) is 11.5 Å². The van der Waals surface area contributed by atoms with E-state index >= 15 is 0 Å². The van der Waals surface area contributed by atoms with Crippen molar-refractivity contribution in [1.82, 2.24) is 5.32 Å². The first-order valence-electron chi connectivity index (χ1n) is 4.26. The van der Waals surface area contributed by atoms with E-state index in [2.05, 4.69) is 8.95 Å². The second-order valence-corrected chi connectivity index (χ2v) is 6.55. The van der Waals surface area contributed by atoms with Gasteiger partial charge < -0.3 is 11.1 Å². The van der Waals surface area contributed by atoms with Crippen LogP contribution in [0, 0.1) is 0 Å². The van der Waals surface area contributed by atoms with Crippen molar-refractivity contribution in [2.75, 3.05) is 25.1 Å². The van der Waals surface area contributed by atoms with Crippen molar-refractivity contribution in [3.05, 3.63) is 0 Å². The summed E-state index contributed by atoms with van der Waals surface area (Å²) < 4.78 is 48.5. The van der Waals surface area contributed by atoms with Crippen LogP contribution in [0.1, 0.15) is 6.92 Å². The molecule has 0 amide bonds. The average Bonchev–Trinajstić information content (AvgIpc) is 2.00. The van der Waals surface area contributed by atoms with Gasteiger partial charge in [0.15, 0.2) is 0 Å². The van der Waals surface area contributed by atoms with E-state index < -0.39 is 31.7 Å². The van der Waals surface area contributed by atoms with Gasteiger partial charge in [0.2, 0.25) is 0 Å².